The maximum absolute atomic E-state index is 14.2. The van der Waals surface area contributed by atoms with Gasteiger partial charge in [0.2, 0.25) is 15.9 Å². The average molecular weight is 457 g/mol. The summed E-state index contributed by atoms with van der Waals surface area (Å²) in [5.74, 6) is 1.06. The second kappa shape index (κ2) is 10.1. The van der Waals surface area contributed by atoms with Gasteiger partial charge in [0.1, 0.15) is 11.9 Å². The Labute approximate surface area is 187 Å². The molecule has 1 amide bonds. The van der Waals surface area contributed by atoms with Crippen LogP contribution in [0.4, 0.5) is 10.1 Å². The van der Waals surface area contributed by atoms with Crippen LogP contribution in [-0.2, 0) is 14.8 Å². The smallest absolute Gasteiger partial charge is 0.243 e. The van der Waals surface area contributed by atoms with Gasteiger partial charge >= 0.3 is 0 Å². The summed E-state index contributed by atoms with van der Waals surface area (Å²) in [6.45, 7) is 1.47. The Morgan fingerprint density at radius 1 is 1.41 bits per heavy atom. The number of benzene rings is 1. The highest BCUT2D eigenvalue weighted by atomic mass is 32.2. The van der Waals surface area contributed by atoms with E-state index in [1.54, 1.807) is 25.1 Å². The van der Waals surface area contributed by atoms with E-state index < -0.39 is 33.9 Å². The molecule has 0 bridgehead atoms. The number of rotatable bonds is 6. The number of allylic oxidation sites excluding steroid dienone is 7. The molecule has 0 spiro atoms. The van der Waals surface area contributed by atoms with Gasteiger partial charge in [0.25, 0.3) is 0 Å². The monoisotopic (exact) mass is 456 g/mol. The van der Waals surface area contributed by atoms with E-state index >= 15 is 0 Å². The van der Waals surface area contributed by atoms with Crippen LogP contribution >= 0.6 is 0 Å². The van der Waals surface area contributed by atoms with Gasteiger partial charge in [-0.25, -0.2) is 12.8 Å². The third kappa shape index (κ3) is 5.43. The molecule has 0 unspecified atom stereocenters. The van der Waals surface area contributed by atoms with Gasteiger partial charge in [-0.15, -0.1) is 12.3 Å². The number of nitrogens with one attached hydrogen (secondary N) is 1. The Kier molecular flexibility index (Phi) is 7.46. The van der Waals surface area contributed by atoms with Crippen LogP contribution in [0.1, 0.15) is 24.8 Å². The van der Waals surface area contributed by atoms with Crippen LogP contribution < -0.4 is 5.32 Å². The molecule has 0 aromatic heterocycles. The molecule has 1 fully saturated rings. The minimum Gasteiger partial charge on any atom is -0.392 e. The van der Waals surface area contributed by atoms with Crippen molar-refractivity contribution in [3.05, 3.63) is 76.5 Å². The molecule has 32 heavy (non-hydrogen) atoms. The summed E-state index contributed by atoms with van der Waals surface area (Å²) in [7, 11) is -4.16. The number of hydrogen-bond donors (Lipinski definition) is 2. The fraction of sp³-hybridized carbons (Fsp3) is 0.292. The Bertz CT molecular complexity index is 1160. The number of carbonyl (C=O) groups is 1. The molecule has 6 nitrogen and oxygen atoms in total. The molecule has 2 aliphatic rings. The van der Waals surface area contributed by atoms with Crippen molar-refractivity contribution in [2.24, 2.45) is 0 Å². The maximum Gasteiger partial charge on any atom is 0.243 e. The van der Waals surface area contributed by atoms with Crippen LogP contribution in [0.15, 0.2) is 65.1 Å². The zero-order chi connectivity index (χ0) is 23.3. The number of hydrogen-bond acceptors (Lipinski definition) is 4. The lowest BCUT2D eigenvalue weighted by atomic mass is 10.1. The van der Waals surface area contributed by atoms with Gasteiger partial charge in [-0.3, -0.25) is 4.79 Å². The van der Waals surface area contributed by atoms with Gasteiger partial charge < -0.3 is 10.4 Å². The van der Waals surface area contributed by atoms with E-state index in [9.17, 15) is 22.7 Å². The number of β-amino-alcohol motifs (C(OH)–C–C–N with tert-alkyl or cyclic N) is 1. The number of halogens is 1. The first-order chi connectivity index (χ1) is 15.2. The van der Waals surface area contributed by atoms with Gasteiger partial charge in [0.15, 0.2) is 0 Å². The lowest BCUT2D eigenvalue weighted by Crippen LogP contribution is -2.43. The molecule has 1 aromatic rings. The topological polar surface area (TPSA) is 86.7 Å². The number of terminal acetylenes is 1. The molecule has 168 valence electrons. The SMILES string of the molecule is C#CC/C=C(\C=C1\C=CC=CC1)S(=O)(=O)N1C[C@H](O)C[C@H]1C(=O)Nc1ccc(C)cc1F. The van der Waals surface area contributed by atoms with Crippen molar-refractivity contribution in [3.8, 4) is 12.3 Å². The summed E-state index contributed by atoms with van der Waals surface area (Å²) in [5.41, 5.74) is 1.40. The fourth-order valence-corrected chi connectivity index (χ4v) is 5.33. The molecule has 1 heterocycles. The lowest BCUT2D eigenvalue weighted by molar-refractivity contribution is -0.119. The fourth-order valence-electron chi connectivity index (χ4n) is 3.58. The molecule has 0 radical (unpaired) electrons. The molecule has 1 aliphatic heterocycles. The molecule has 1 saturated heterocycles. The van der Waals surface area contributed by atoms with E-state index in [2.05, 4.69) is 11.2 Å². The summed E-state index contributed by atoms with van der Waals surface area (Å²) < 4.78 is 42.1. The second-order valence-electron chi connectivity index (χ2n) is 7.68. The minimum atomic E-state index is -4.16. The van der Waals surface area contributed by atoms with E-state index in [0.717, 1.165) is 9.88 Å². The van der Waals surface area contributed by atoms with Gasteiger partial charge in [0.05, 0.1) is 16.7 Å². The van der Waals surface area contributed by atoms with Gasteiger partial charge in [-0.05, 0) is 42.7 Å². The molecular weight excluding hydrogens is 431 g/mol. The minimum absolute atomic E-state index is 0.0428. The number of anilines is 1. The average Bonchev–Trinajstić information content (AvgIpc) is 3.16. The van der Waals surface area contributed by atoms with E-state index in [1.165, 1.54) is 24.3 Å². The van der Waals surface area contributed by atoms with Crippen molar-refractivity contribution in [3.63, 3.8) is 0 Å². The number of amides is 1. The number of aryl methyl sites for hydroxylation is 1. The Morgan fingerprint density at radius 3 is 2.84 bits per heavy atom. The molecule has 8 heteroatoms. The molecule has 2 N–H and O–H groups in total. The van der Waals surface area contributed by atoms with Gasteiger partial charge in [-0.2, -0.15) is 4.31 Å². The quantitative estimate of drug-likeness (QED) is 0.644. The molecular formula is C24H25FN2O4S. The zero-order valence-corrected chi connectivity index (χ0v) is 18.5. The highest BCUT2D eigenvalue weighted by Gasteiger charge is 2.44. The van der Waals surface area contributed by atoms with E-state index in [-0.39, 0.29) is 30.0 Å². The number of aliphatic hydroxyl groups is 1. The predicted molar refractivity (Wildman–Crippen MR) is 122 cm³/mol. The molecule has 3 rings (SSSR count). The number of sulfonamides is 1. The summed E-state index contributed by atoms with van der Waals surface area (Å²) in [6.07, 6.45) is 15.1. The summed E-state index contributed by atoms with van der Waals surface area (Å²) in [4.78, 5) is 12.9. The third-order valence-electron chi connectivity index (χ3n) is 5.19. The predicted octanol–water partition coefficient (Wildman–Crippen LogP) is 3.19. The molecule has 2 atom stereocenters. The van der Waals surface area contributed by atoms with Crippen molar-refractivity contribution in [1.29, 1.82) is 0 Å². The molecule has 1 aromatic carbocycles. The van der Waals surface area contributed by atoms with Crippen LogP contribution in [0.3, 0.4) is 0 Å². The van der Waals surface area contributed by atoms with Crippen molar-refractivity contribution in [2.75, 3.05) is 11.9 Å². The first kappa shape index (κ1) is 23.7. The van der Waals surface area contributed by atoms with Gasteiger partial charge in [0, 0.05) is 19.4 Å². The van der Waals surface area contributed by atoms with Gasteiger partial charge in [-0.1, -0.05) is 36.4 Å². The molecule has 0 saturated carbocycles. The lowest BCUT2D eigenvalue weighted by Gasteiger charge is -2.24. The Morgan fingerprint density at radius 2 is 2.19 bits per heavy atom. The van der Waals surface area contributed by atoms with Crippen LogP contribution in [0.25, 0.3) is 0 Å². The van der Waals surface area contributed by atoms with E-state index in [4.69, 9.17) is 6.42 Å². The number of aliphatic hydroxyl groups excluding tert-OH is 1. The van der Waals surface area contributed by atoms with Crippen LogP contribution in [0, 0.1) is 25.1 Å². The maximum atomic E-state index is 14.2. The number of nitrogens with zero attached hydrogens (tertiary/aromatic N) is 1. The number of carbonyl (C=O) groups excluding carboxylic acids is 1. The standard InChI is InChI=1S/C24H25FN2O4S/c1-3-4-10-20(14-18-8-6-5-7-9-18)32(30,31)27-16-19(28)15-23(27)24(29)26-22-12-11-17(2)13-21(22)25/h1,5-8,10-14,19,23,28H,4,9,15-16H2,2H3,(H,26,29)/b18-14-,20-10+/t19-,23+/m1/s1. The summed E-state index contributed by atoms with van der Waals surface area (Å²) in [5, 5.41) is 12.6. The van der Waals surface area contributed by atoms with E-state index in [0.29, 0.717) is 12.0 Å². The Hall–Kier alpha value is -2.99. The first-order valence-corrected chi connectivity index (χ1v) is 11.6. The van der Waals surface area contributed by atoms with Crippen molar-refractivity contribution in [2.45, 2.75) is 38.3 Å². The van der Waals surface area contributed by atoms with Crippen molar-refractivity contribution < 1.29 is 22.7 Å². The highest BCUT2D eigenvalue weighted by molar-refractivity contribution is 7.93. The van der Waals surface area contributed by atoms with Crippen LogP contribution in [0.2, 0.25) is 0 Å². The molecule has 1 aliphatic carbocycles. The highest BCUT2D eigenvalue weighted by Crippen LogP contribution is 2.29. The third-order valence-corrected chi connectivity index (χ3v) is 7.09. The normalized spacial score (nSPS) is 22.8. The first-order valence-electron chi connectivity index (χ1n) is 10.2. The largest absolute Gasteiger partial charge is 0.392 e. The Balaban J connectivity index is 1.91. The second-order valence-corrected chi connectivity index (χ2v) is 9.57. The summed E-state index contributed by atoms with van der Waals surface area (Å²) in [6, 6.07) is 3.13. The van der Waals surface area contributed by atoms with Crippen LogP contribution in [0.5, 0.6) is 0 Å². The van der Waals surface area contributed by atoms with Crippen molar-refractivity contribution >= 4 is 21.6 Å². The summed E-state index contributed by atoms with van der Waals surface area (Å²) >= 11 is 0. The van der Waals surface area contributed by atoms with Crippen molar-refractivity contribution in [1.82, 2.24) is 4.31 Å². The van der Waals surface area contributed by atoms with E-state index in [1.807, 2.05) is 12.2 Å². The van der Waals surface area contributed by atoms with Crippen LogP contribution in [-0.4, -0.2) is 42.4 Å². The zero-order valence-electron chi connectivity index (χ0n) is 17.7.